The molecule has 1 spiro atoms. The highest BCUT2D eigenvalue weighted by molar-refractivity contribution is 7.99. The summed E-state index contributed by atoms with van der Waals surface area (Å²) in [6.45, 7) is 4.48. The summed E-state index contributed by atoms with van der Waals surface area (Å²) in [5, 5.41) is 3.62. The third-order valence-corrected chi connectivity index (χ3v) is 5.31. The van der Waals surface area contributed by atoms with Gasteiger partial charge in [0.05, 0.1) is 11.7 Å². The average molecular weight is 254 g/mol. The maximum Gasteiger partial charge on any atom is 0.244 e. The number of nitrogens with one attached hydrogen (secondary N) is 1. The lowest BCUT2D eigenvalue weighted by atomic mass is 10.1. The lowest BCUT2D eigenvalue weighted by molar-refractivity contribution is -0.132. The summed E-state index contributed by atoms with van der Waals surface area (Å²) in [5.74, 6) is 3.40. The van der Waals surface area contributed by atoms with E-state index >= 15 is 0 Å². The molecule has 2 saturated heterocycles. The van der Waals surface area contributed by atoms with Crippen molar-refractivity contribution in [2.75, 3.05) is 11.5 Å². The predicted molar refractivity (Wildman–Crippen MR) is 70.9 cm³/mol. The van der Waals surface area contributed by atoms with Crippen LogP contribution < -0.4 is 5.32 Å². The van der Waals surface area contributed by atoms with Gasteiger partial charge in [0.15, 0.2) is 0 Å². The molecule has 2 unspecified atom stereocenters. The van der Waals surface area contributed by atoms with Crippen molar-refractivity contribution in [3.63, 3.8) is 0 Å². The smallest absolute Gasteiger partial charge is 0.244 e. The summed E-state index contributed by atoms with van der Waals surface area (Å²) >= 11 is 1.99. The molecular weight excluding hydrogens is 232 g/mol. The van der Waals surface area contributed by atoms with Crippen LogP contribution >= 0.6 is 11.8 Å². The molecule has 1 saturated carbocycles. The van der Waals surface area contributed by atoms with E-state index in [1.807, 2.05) is 11.8 Å². The first-order valence-corrected chi connectivity index (χ1v) is 7.96. The molecule has 0 radical (unpaired) electrons. The summed E-state index contributed by atoms with van der Waals surface area (Å²) in [4.78, 5) is 14.7. The van der Waals surface area contributed by atoms with Crippen molar-refractivity contribution in [1.82, 2.24) is 10.2 Å². The average Bonchev–Trinajstić information content (AvgIpc) is 2.74. The Morgan fingerprint density at radius 3 is 2.82 bits per heavy atom. The Morgan fingerprint density at radius 1 is 1.53 bits per heavy atom. The molecule has 3 aliphatic rings. The largest absolute Gasteiger partial charge is 0.322 e. The quantitative estimate of drug-likeness (QED) is 0.834. The lowest BCUT2D eigenvalue weighted by Gasteiger charge is -2.30. The third kappa shape index (κ3) is 1.99. The minimum absolute atomic E-state index is 0.132. The Hall–Kier alpha value is -0.220. The van der Waals surface area contributed by atoms with Gasteiger partial charge < -0.3 is 4.90 Å². The van der Waals surface area contributed by atoms with E-state index < -0.39 is 0 Å². The zero-order chi connectivity index (χ0) is 12.0. The van der Waals surface area contributed by atoms with Crippen molar-refractivity contribution >= 4 is 17.7 Å². The van der Waals surface area contributed by atoms with Crippen molar-refractivity contribution in [2.45, 2.75) is 57.3 Å². The summed E-state index contributed by atoms with van der Waals surface area (Å²) in [7, 11) is 0. The van der Waals surface area contributed by atoms with Gasteiger partial charge in [-0.15, -0.1) is 0 Å². The summed E-state index contributed by atoms with van der Waals surface area (Å²) in [5.41, 5.74) is -0.132. The summed E-state index contributed by atoms with van der Waals surface area (Å²) in [6.07, 6.45) is 4.68. The Labute approximate surface area is 108 Å². The zero-order valence-corrected chi connectivity index (χ0v) is 11.6. The number of carbonyl (C=O) groups is 1. The van der Waals surface area contributed by atoms with Crippen LogP contribution in [0.1, 0.15) is 39.5 Å². The fraction of sp³-hybridized carbons (Fsp3) is 0.923. The molecule has 1 aliphatic carbocycles. The van der Waals surface area contributed by atoms with Crippen LogP contribution in [-0.2, 0) is 4.79 Å². The molecule has 1 N–H and O–H groups in total. The maximum absolute atomic E-state index is 12.5. The van der Waals surface area contributed by atoms with E-state index in [0.29, 0.717) is 24.0 Å². The molecule has 0 aromatic carbocycles. The van der Waals surface area contributed by atoms with E-state index in [-0.39, 0.29) is 5.54 Å². The van der Waals surface area contributed by atoms with Gasteiger partial charge >= 0.3 is 0 Å². The van der Waals surface area contributed by atoms with Crippen LogP contribution in [0.15, 0.2) is 0 Å². The van der Waals surface area contributed by atoms with Gasteiger partial charge in [-0.3, -0.25) is 10.1 Å². The SMILES string of the molecule is CC(C)CC1NC2(CC2)C(=O)N1C1CCSC1. The second-order valence-corrected chi connectivity index (χ2v) is 7.25. The van der Waals surface area contributed by atoms with E-state index in [4.69, 9.17) is 0 Å². The molecule has 3 nitrogen and oxygen atoms in total. The molecule has 0 aromatic rings. The standard InChI is InChI=1S/C13H22N2OS/c1-9(2)7-11-14-13(4-5-13)12(16)15(11)10-3-6-17-8-10/h9-11,14H,3-8H2,1-2H3. The van der Waals surface area contributed by atoms with Crippen LogP contribution in [0.2, 0.25) is 0 Å². The molecule has 3 rings (SSSR count). The van der Waals surface area contributed by atoms with Crippen molar-refractivity contribution in [3.8, 4) is 0 Å². The van der Waals surface area contributed by atoms with Crippen LogP contribution in [0.4, 0.5) is 0 Å². The topological polar surface area (TPSA) is 32.3 Å². The summed E-state index contributed by atoms with van der Waals surface area (Å²) in [6, 6.07) is 0.490. The maximum atomic E-state index is 12.5. The number of thioether (sulfide) groups is 1. The van der Waals surface area contributed by atoms with Crippen LogP contribution in [0, 0.1) is 5.92 Å². The molecule has 2 atom stereocenters. The Bertz CT molecular complexity index is 321. The number of hydrogen-bond donors (Lipinski definition) is 1. The van der Waals surface area contributed by atoms with Crippen molar-refractivity contribution in [1.29, 1.82) is 0 Å². The number of nitrogens with zero attached hydrogens (tertiary/aromatic N) is 1. The Balaban J connectivity index is 1.78. The molecule has 2 aliphatic heterocycles. The minimum Gasteiger partial charge on any atom is -0.322 e. The highest BCUT2D eigenvalue weighted by Crippen LogP contribution is 2.44. The number of carbonyl (C=O) groups excluding carboxylic acids is 1. The normalized spacial score (nSPS) is 35.2. The molecule has 17 heavy (non-hydrogen) atoms. The van der Waals surface area contributed by atoms with E-state index in [0.717, 1.165) is 25.0 Å². The Morgan fingerprint density at radius 2 is 2.29 bits per heavy atom. The van der Waals surface area contributed by atoms with Crippen LogP contribution in [0.3, 0.4) is 0 Å². The molecule has 0 bridgehead atoms. The van der Waals surface area contributed by atoms with Crippen molar-refractivity contribution < 1.29 is 4.79 Å². The number of rotatable bonds is 3. The molecule has 96 valence electrons. The van der Waals surface area contributed by atoms with Gasteiger partial charge in [0.1, 0.15) is 0 Å². The number of amides is 1. The van der Waals surface area contributed by atoms with Gasteiger partial charge in [-0.05, 0) is 37.4 Å². The van der Waals surface area contributed by atoms with Crippen molar-refractivity contribution in [3.05, 3.63) is 0 Å². The molecule has 0 aromatic heterocycles. The first kappa shape index (κ1) is 11.8. The summed E-state index contributed by atoms with van der Waals surface area (Å²) < 4.78 is 0. The molecular formula is C13H22N2OS. The van der Waals surface area contributed by atoms with Crippen molar-refractivity contribution in [2.24, 2.45) is 5.92 Å². The highest BCUT2D eigenvalue weighted by Gasteiger charge is 2.60. The van der Waals surface area contributed by atoms with Crippen LogP contribution in [0.5, 0.6) is 0 Å². The lowest BCUT2D eigenvalue weighted by Crippen LogP contribution is -2.45. The second kappa shape index (κ2) is 4.16. The first-order valence-electron chi connectivity index (χ1n) is 6.80. The van der Waals surface area contributed by atoms with E-state index in [1.165, 1.54) is 12.2 Å². The first-order chi connectivity index (χ1) is 8.12. The molecule has 2 heterocycles. The number of hydrogen-bond acceptors (Lipinski definition) is 3. The fourth-order valence-electron chi connectivity index (χ4n) is 3.10. The molecule has 3 fully saturated rings. The second-order valence-electron chi connectivity index (χ2n) is 6.10. The van der Waals surface area contributed by atoms with Gasteiger partial charge in [0, 0.05) is 11.8 Å². The van der Waals surface area contributed by atoms with Gasteiger partial charge in [-0.2, -0.15) is 11.8 Å². The molecule has 1 amide bonds. The van der Waals surface area contributed by atoms with E-state index in [1.54, 1.807) is 0 Å². The Kier molecular flexibility index (Phi) is 2.90. The minimum atomic E-state index is -0.132. The fourth-order valence-corrected chi connectivity index (χ4v) is 4.31. The molecule has 4 heteroatoms. The van der Waals surface area contributed by atoms with Crippen LogP contribution in [-0.4, -0.2) is 40.1 Å². The van der Waals surface area contributed by atoms with Gasteiger partial charge in [0.25, 0.3) is 0 Å². The van der Waals surface area contributed by atoms with Gasteiger partial charge in [0.2, 0.25) is 5.91 Å². The van der Waals surface area contributed by atoms with E-state index in [2.05, 4.69) is 24.1 Å². The zero-order valence-electron chi connectivity index (χ0n) is 10.7. The van der Waals surface area contributed by atoms with Gasteiger partial charge in [-0.25, -0.2) is 0 Å². The highest BCUT2D eigenvalue weighted by atomic mass is 32.2. The predicted octanol–water partition coefficient (Wildman–Crippen LogP) is 1.83. The van der Waals surface area contributed by atoms with Crippen LogP contribution in [0.25, 0.3) is 0 Å². The monoisotopic (exact) mass is 254 g/mol. The van der Waals surface area contributed by atoms with Gasteiger partial charge in [-0.1, -0.05) is 13.8 Å². The third-order valence-electron chi connectivity index (χ3n) is 4.17. The van der Waals surface area contributed by atoms with E-state index in [9.17, 15) is 4.79 Å².